The second-order valence-corrected chi connectivity index (χ2v) is 5.50. The number of nitrogens with one attached hydrogen (secondary N) is 2. The molecule has 0 unspecified atom stereocenters. The molecule has 7 heteroatoms. The molecule has 0 spiro atoms. The summed E-state index contributed by atoms with van der Waals surface area (Å²) in [6.07, 6.45) is 0.516. The molecule has 1 aliphatic heterocycles. The van der Waals surface area contributed by atoms with E-state index in [1.165, 1.54) is 0 Å². The number of carbonyl (C=O) groups excluding carboxylic acids is 1. The summed E-state index contributed by atoms with van der Waals surface area (Å²) in [5.74, 6) is -1.04. The summed E-state index contributed by atoms with van der Waals surface area (Å²) >= 11 is 3.30. The SMILES string of the molecule is O=C(Nc1cccc(Br)c1)NC1(C(=O)O)CCOCC1. The van der Waals surface area contributed by atoms with Gasteiger partial charge in [0.25, 0.3) is 0 Å². The number of halogens is 1. The highest BCUT2D eigenvalue weighted by Crippen LogP contribution is 2.22. The monoisotopic (exact) mass is 342 g/mol. The van der Waals surface area contributed by atoms with E-state index in [0.717, 1.165) is 4.47 Å². The third kappa shape index (κ3) is 3.49. The number of urea groups is 1. The highest BCUT2D eigenvalue weighted by Gasteiger charge is 2.41. The average Bonchev–Trinajstić information content (AvgIpc) is 2.39. The van der Waals surface area contributed by atoms with Crippen molar-refractivity contribution in [1.82, 2.24) is 5.32 Å². The van der Waals surface area contributed by atoms with Crippen molar-refractivity contribution in [2.75, 3.05) is 18.5 Å². The molecule has 1 aromatic rings. The summed E-state index contributed by atoms with van der Waals surface area (Å²) in [5, 5.41) is 14.5. The van der Waals surface area contributed by atoms with Crippen molar-refractivity contribution in [2.24, 2.45) is 0 Å². The van der Waals surface area contributed by atoms with Gasteiger partial charge in [0, 0.05) is 36.2 Å². The molecule has 6 nitrogen and oxygen atoms in total. The molecular weight excluding hydrogens is 328 g/mol. The first-order valence-electron chi connectivity index (χ1n) is 6.18. The molecule has 1 aliphatic rings. The van der Waals surface area contributed by atoms with Gasteiger partial charge in [-0.3, -0.25) is 0 Å². The van der Waals surface area contributed by atoms with E-state index in [9.17, 15) is 14.7 Å². The quantitative estimate of drug-likeness (QED) is 0.785. The molecule has 0 bridgehead atoms. The summed E-state index contributed by atoms with van der Waals surface area (Å²) in [7, 11) is 0. The van der Waals surface area contributed by atoms with E-state index in [2.05, 4.69) is 26.6 Å². The van der Waals surface area contributed by atoms with E-state index in [0.29, 0.717) is 18.9 Å². The molecule has 0 saturated carbocycles. The zero-order chi connectivity index (χ0) is 14.6. The van der Waals surface area contributed by atoms with Gasteiger partial charge in [-0.2, -0.15) is 0 Å². The smallest absolute Gasteiger partial charge is 0.329 e. The molecule has 1 heterocycles. The topological polar surface area (TPSA) is 87.7 Å². The molecule has 1 aromatic carbocycles. The van der Waals surface area contributed by atoms with Crippen molar-refractivity contribution in [1.29, 1.82) is 0 Å². The maximum absolute atomic E-state index is 12.0. The van der Waals surface area contributed by atoms with E-state index in [-0.39, 0.29) is 12.8 Å². The number of hydrogen-bond donors (Lipinski definition) is 3. The van der Waals surface area contributed by atoms with Gasteiger partial charge >= 0.3 is 12.0 Å². The normalized spacial score (nSPS) is 17.2. The Bertz CT molecular complexity index is 515. The Morgan fingerprint density at radius 3 is 2.60 bits per heavy atom. The number of carbonyl (C=O) groups is 2. The minimum atomic E-state index is -1.26. The van der Waals surface area contributed by atoms with Crippen LogP contribution in [0.5, 0.6) is 0 Å². The predicted octanol–water partition coefficient (Wildman–Crippen LogP) is 2.20. The zero-order valence-corrected chi connectivity index (χ0v) is 12.3. The highest BCUT2D eigenvalue weighted by molar-refractivity contribution is 9.10. The molecule has 0 radical (unpaired) electrons. The van der Waals surface area contributed by atoms with Crippen LogP contribution in [0, 0.1) is 0 Å². The molecule has 1 fully saturated rings. The van der Waals surface area contributed by atoms with Crippen LogP contribution in [0.25, 0.3) is 0 Å². The lowest BCUT2D eigenvalue weighted by molar-refractivity contribution is -0.148. The van der Waals surface area contributed by atoms with Crippen LogP contribution in [-0.2, 0) is 9.53 Å². The van der Waals surface area contributed by atoms with E-state index >= 15 is 0 Å². The predicted molar refractivity (Wildman–Crippen MR) is 76.7 cm³/mol. The lowest BCUT2D eigenvalue weighted by Gasteiger charge is -2.33. The maximum atomic E-state index is 12.0. The Morgan fingerprint density at radius 1 is 1.30 bits per heavy atom. The highest BCUT2D eigenvalue weighted by atomic mass is 79.9. The van der Waals surface area contributed by atoms with Crippen LogP contribution in [0.1, 0.15) is 12.8 Å². The van der Waals surface area contributed by atoms with Crippen LogP contribution >= 0.6 is 15.9 Å². The summed E-state index contributed by atoms with van der Waals surface area (Å²) in [6, 6.07) is 6.53. The van der Waals surface area contributed by atoms with Gasteiger partial charge in [-0.15, -0.1) is 0 Å². The van der Waals surface area contributed by atoms with Gasteiger partial charge in [-0.1, -0.05) is 22.0 Å². The van der Waals surface area contributed by atoms with E-state index < -0.39 is 17.5 Å². The number of amides is 2. The molecule has 0 aliphatic carbocycles. The summed E-state index contributed by atoms with van der Waals surface area (Å²) in [4.78, 5) is 23.4. The Kier molecular flexibility index (Phi) is 4.61. The van der Waals surface area contributed by atoms with Crippen LogP contribution in [0.15, 0.2) is 28.7 Å². The molecule has 2 rings (SSSR count). The fourth-order valence-corrected chi connectivity index (χ4v) is 2.46. The Hall–Kier alpha value is -1.60. The van der Waals surface area contributed by atoms with Crippen LogP contribution in [-0.4, -0.2) is 35.9 Å². The average molecular weight is 343 g/mol. The summed E-state index contributed by atoms with van der Waals surface area (Å²) in [6.45, 7) is 0.646. The first-order chi connectivity index (χ1) is 9.52. The van der Waals surface area contributed by atoms with Crippen molar-refractivity contribution in [3.05, 3.63) is 28.7 Å². The van der Waals surface area contributed by atoms with Gasteiger partial charge in [0.15, 0.2) is 0 Å². The van der Waals surface area contributed by atoms with Crippen molar-refractivity contribution < 1.29 is 19.4 Å². The van der Waals surface area contributed by atoms with E-state index in [4.69, 9.17) is 4.74 Å². The molecule has 108 valence electrons. The minimum absolute atomic E-state index is 0.258. The molecule has 3 N–H and O–H groups in total. The van der Waals surface area contributed by atoms with Crippen LogP contribution in [0.3, 0.4) is 0 Å². The second-order valence-electron chi connectivity index (χ2n) is 4.59. The Morgan fingerprint density at radius 2 is 2.00 bits per heavy atom. The second kappa shape index (κ2) is 6.23. The fraction of sp³-hybridized carbons (Fsp3) is 0.385. The maximum Gasteiger partial charge on any atom is 0.329 e. The number of aliphatic carboxylic acids is 1. The van der Waals surface area contributed by atoms with Crippen LogP contribution < -0.4 is 10.6 Å². The molecule has 0 aromatic heterocycles. The first kappa shape index (κ1) is 14.8. The minimum Gasteiger partial charge on any atom is -0.480 e. The number of benzene rings is 1. The standard InChI is InChI=1S/C13H15BrN2O4/c14-9-2-1-3-10(8-9)15-12(19)16-13(11(17)18)4-6-20-7-5-13/h1-3,8H,4-7H2,(H,17,18)(H2,15,16,19). The lowest BCUT2D eigenvalue weighted by atomic mass is 9.90. The third-order valence-electron chi connectivity index (χ3n) is 3.19. The lowest BCUT2D eigenvalue weighted by Crippen LogP contribution is -2.58. The summed E-state index contributed by atoms with van der Waals surface area (Å²) < 4.78 is 5.98. The largest absolute Gasteiger partial charge is 0.480 e. The van der Waals surface area contributed by atoms with Crippen molar-refractivity contribution in [2.45, 2.75) is 18.4 Å². The Labute approximate surface area is 124 Å². The van der Waals surface area contributed by atoms with Gasteiger partial charge in [0.2, 0.25) is 0 Å². The van der Waals surface area contributed by atoms with Gasteiger partial charge in [0.1, 0.15) is 5.54 Å². The number of carboxylic acids is 1. The fourth-order valence-electron chi connectivity index (χ4n) is 2.06. The van der Waals surface area contributed by atoms with E-state index in [1.807, 2.05) is 6.07 Å². The molecular formula is C13H15BrN2O4. The van der Waals surface area contributed by atoms with Crippen LogP contribution in [0.2, 0.25) is 0 Å². The zero-order valence-electron chi connectivity index (χ0n) is 10.7. The molecule has 0 atom stereocenters. The number of hydrogen-bond acceptors (Lipinski definition) is 3. The number of rotatable bonds is 3. The van der Waals surface area contributed by atoms with Gasteiger partial charge in [0.05, 0.1) is 0 Å². The first-order valence-corrected chi connectivity index (χ1v) is 6.97. The molecule has 1 saturated heterocycles. The number of anilines is 1. The Balaban J connectivity index is 2.03. The summed E-state index contributed by atoms with van der Waals surface area (Å²) in [5.41, 5.74) is -0.668. The number of ether oxygens (including phenoxy) is 1. The number of carboxylic acid groups (broad SMARTS) is 1. The van der Waals surface area contributed by atoms with E-state index in [1.54, 1.807) is 18.2 Å². The van der Waals surface area contributed by atoms with Crippen molar-refractivity contribution in [3.63, 3.8) is 0 Å². The van der Waals surface area contributed by atoms with Crippen molar-refractivity contribution >= 4 is 33.6 Å². The van der Waals surface area contributed by atoms with Gasteiger partial charge in [-0.05, 0) is 18.2 Å². The third-order valence-corrected chi connectivity index (χ3v) is 3.68. The van der Waals surface area contributed by atoms with Crippen molar-refractivity contribution in [3.8, 4) is 0 Å². The van der Waals surface area contributed by atoms with Gasteiger partial charge < -0.3 is 20.5 Å². The molecule has 20 heavy (non-hydrogen) atoms. The van der Waals surface area contributed by atoms with Gasteiger partial charge in [-0.25, -0.2) is 9.59 Å². The van der Waals surface area contributed by atoms with Crippen LogP contribution in [0.4, 0.5) is 10.5 Å². The molecule has 2 amide bonds.